The topological polar surface area (TPSA) is 50.4 Å². The smallest absolute Gasteiger partial charge is 0.412 e. The molecule has 1 amide bonds. The molecule has 0 bridgehead atoms. The van der Waals surface area contributed by atoms with Gasteiger partial charge in [-0.25, -0.2) is 4.79 Å². The van der Waals surface area contributed by atoms with Gasteiger partial charge >= 0.3 is 6.09 Å². The molecule has 2 atom stereocenters. The largest absolute Gasteiger partial charge is 0.444 e. The number of thioether (sulfide) groups is 1. The molecule has 0 aromatic heterocycles. The second-order valence-electron chi connectivity index (χ2n) is 6.43. The van der Waals surface area contributed by atoms with Gasteiger partial charge in [-0.3, -0.25) is 5.32 Å². The van der Waals surface area contributed by atoms with E-state index in [1.807, 2.05) is 56.8 Å². The van der Waals surface area contributed by atoms with E-state index in [1.165, 1.54) is 6.42 Å². The molecule has 0 aliphatic carbocycles. The number of ether oxygens (including phenoxy) is 1. The fourth-order valence-corrected chi connectivity index (χ4v) is 3.41. The van der Waals surface area contributed by atoms with Gasteiger partial charge in [-0.15, -0.1) is 0 Å². The molecule has 4 nitrogen and oxygen atoms in total. The Morgan fingerprint density at radius 1 is 1.33 bits per heavy atom. The summed E-state index contributed by atoms with van der Waals surface area (Å²) in [7, 11) is 0. The number of anilines is 2. The lowest BCUT2D eigenvalue weighted by atomic mass is 10.2. The van der Waals surface area contributed by atoms with E-state index in [4.69, 9.17) is 4.74 Å². The molecule has 0 spiro atoms. The maximum Gasteiger partial charge on any atom is 0.412 e. The lowest BCUT2D eigenvalue weighted by Gasteiger charge is -2.20. The Hall–Kier alpha value is -1.36. The first-order chi connectivity index (χ1) is 9.82. The Kier molecular flexibility index (Phi) is 5.04. The molecule has 1 fully saturated rings. The Morgan fingerprint density at radius 2 is 2.05 bits per heavy atom. The van der Waals surface area contributed by atoms with Crippen molar-refractivity contribution < 1.29 is 9.53 Å². The van der Waals surface area contributed by atoms with E-state index in [9.17, 15) is 4.79 Å². The van der Waals surface area contributed by atoms with Crippen LogP contribution < -0.4 is 10.6 Å². The molecule has 1 heterocycles. The molecular formula is C16H24N2O2S. The lowest BCUT2D eigenvalue weighted by Crippen LogP contribution is -2.27. The zero-order chi connectivity index (χ0) is 15.5. The van der Waals surface area contributed by atoms with E-state index in [0.29, 0.717) is 11.3 Å². The highest BCUT2D eigenvalue weighted by Crippen LogP contribution is 2.28. The highest BCUT2D eigenvalue weighted by molar-refractivity contribution is 8.00. The Balaban J connectivity index is 1.93. The van der Waals surface area contributed by atoms with Gasteiger partial charge in [-0.1, -0.05) is 13.0 Å². The van der Waals surface area contributed by atoms with Crippen LogP contribution >= 0.6 is 11.8 Å². The zero-order valence-corrected chi connectivity index (χ0v) is 13.9. The monoisotopic (exact) mass is 308 g/mol. The van der Waals surface area contributed by atoms with E-state index in [-0.39, 0.29) is 0 Å². The van der Waals surface area contributed by atoms with Crippen molar-refractivity contribution in [1.82, 2.24) is 0 Å². The van der Waals surface area contributed by atoms with Crippen molar-refractivity contribution in [3.63, 3.8) is 0 Å². The van der Waals surface area contributed by atoms with Crippen LogP contribution in [-0.2, 0) is 4.74 Å². The van der Waals surface area contributed by atoms with Gasteiger partial charge in [-0.05, 0) is 45.4 Å². The normalized spacial score (nSPS) is 21.9. The molecule has 2 unspecified atom stereocenters. The van der Waals surface area contributed by atoms with Crippen LogP contribution in [0.2, 0.25) is 0 Å². The third-order valence-corrected chi connectivity index (χ3v) is 4.43. The second-order valence-corrected chi connectivity index (χ2v) is 7.90. The summed E-state index contributed by atoms with van der Waals surface area (Å²) in [4.78, 5) is 11.8. The van der Waals surface area contributed by atoms with Gasteiger partial charge in [0.25, 0.3) is 0 Å². The van der Waals surface area contributed by atoms with Crippen molar-refractivity contribution in [3.8, 4) is 0 Å². The Bertz CT molecular complexity index is 499. The Labute approximate surface area is 131 Å². The van der Waals surface area contributed by atoms with Crippen LogP contribution in [0, 0.1) is 0 Å². The van der Waals surface area contributed by atoms with E-state index >= 15 is 0 Å². The predicted molar refractivity (Wildman–Crippen MR) is 90.2 cm³/mol. The van der Waals surface area contributed by atoms with Crippen LogP contribution in [0.3, 0.4) is 0 Å². The van der Waals surface area contributed by atoms with Crippen molar-refractivity contribution in [2.24, 2.45) is 0 Å². The van der Waals surface area contributed by atoms with Crippen LogP contribution in [-0.4, -0.2) is 28.7 Å². The molecule has 2 N–H and O–H groups in total. The van der Waals surface area contributed by atoms with Crippen molar-refractivity contribution in [3.05, 3.63) is 24.3 Å². The fraction of sp³-hybridized carbons (Fsp3) is 0.562. The summed E-state index contributed by atoms with van der Waals surface area (Å²) in [6.45, 7) is 7.81. The summed E-state index contributed by atoms with van der Waals surface area (Å²) in [6.07, 6.45) is 0.749. The van der Waals surface area contributed by atoms with Gasteiger partial charge in [0.05, 0.1) is 0 Å². The summed E-state index contributed by atoms with van der Waals surface area (Å²) in [5.41, 5.74) is 1.29. The minimum Gasteiger partial charge on any atom is -0.444 e. The molecular weight excluding hydrogens is 284 g/mol. The van der Waals surface area contributed by atoms with Crippen LogP contribution in [0.1, 0.15) is 34.1 Å². The molecule has 0 saturated carbocycles. The third-order valence-electron chi connectivity index (χ3n) is 3.08. The summed E-state index contributed by atoms with van der Waals surface area (Å²) < 4.78 is 5.26. The summed E-state index contributed by atoms with van der Waals surface area (Å²) >= 11 is 1.99. The minimum absolute atomic E-state index is 0.426. The highest BCUT2D eigenvalue weighted by Gasteiger charge is 2.21. The highest BCUT2D eigenvalue weighted by atomic mass is 32.2. The standard InChI is InChI=1S/C16H24N2O2S/c1-11-8-14(10-21-11)17-12-6-5-7-13(9-12)18-15(19)20-16(2,3)4/h5-7,9,11,14,17H,8,10H2,1-4H3,(H,18,19). The second kappa shape index (κ2) is 6.60. The quantitative estimate of drug-likeness (QED) is 0.872. The first-order valence-electron chi connectivity index (χ1n) is 7.30. The number of carbonyl (C=O) groups excluding carboxylic acids is 1. The molecule has 1 saturated heterocycles. The maximum atomic E-state index is 11.8. The zero-order valence-electron chi connectivity index (χ0n) is 13.1. The van der Waals surface area contributed by atoms with Gasteiger partial charge in [0, 0.05) is 28.4 Å². The van der Waals surface area contributed by atoms with E-state index in [1.54, 1.807) is 0 Å². The molecule has 1 aromatic carbocycles. The van der Waals surface area contributed by atoms with E-state index in [0.717, 1.165) is 17.1 Å². The number of carbonyl (C=O) groups is 1. The maximum absolute atomic E-state index is 11.8. The number of amides is 1. The van der Waals surface area contributed by atoms with Gasteiger partial charge in [0.2, 0.25) is 0 Å². The minimum atomic E-state index is -0.489. The van der Waals surface area contributed by atoms with Gasteiger partial charge in [-0.2, -0.15) is 11.8 Å². The summed E-state index contributed by atoms with van der Waals surface area (Å²) in [5.74, 6) is 1.13. The van der Waals surface area contributed by atoms with Crippen LogP contribution in [0.25, 0.3) is 0 Å². The molecule has 5 heteroatoms. The molecule has 1 aliphatic rings. The van der Waals surface area contributed by atoms with Crippen molar-refractivity contribution >= 4 is 29.2 Å². The van der Waals surface area contributed by atoms with Gasteiger partial charge in [0.15, 0.2) is 0 Å². The van der Waals surface area contributed by atoms with Crippen molar-refractivity contribution in [1.29, 1.82) is 0 Å². The number of benzene rings is 1. The predicted octanol–water partition coefficient (Wildman–Crippen LogP) is 4.34. The lowest BCUT2D eigenvalue weighted by molar-refractivity contribution is 0.0636. The third kappa shape index (κ3) is 5.50. The molecule has 116 valence electrons. The SMILES string of the molecule is CC1CC(Nc2cccc(NC(=O)OC(C)(C)C)c2)CS1. The van der Waals surface area contributed by atoms with Gasteiger partial charge < -0.3 is 10.1 Å². The first kappa shape index (κ1) is 16.0. The van der Waals surface area contributed by atoms with Crippen LogP contribution in [0.5, 0.6) is 0 Å². The number of hydrogen-bond donors (Lipinski definition) is 2. The summed E-state index contributed by atoms with van der Waals surface area (Å²) in [5, 5.41) is 7.00. The molecule has 0 radical (unpaired) electrons. The van der Waals surface area contributed by atoms with Crippen LogP contribution in [0.4, 0.5) is 16.2 Å². The molecule has 1 aromatic rings. The molecule has 1 aliphatic heterocycles. The first-order valence-corrected chi connectivity index (χ1v) is 8.35. The Morgan fingerprint density at radius 3 is 2.67 bits per heavy atom. The number of rotatable bonds is 3. The summed E-state index contributed by atoms with van der Waals surface area (Å²) in [6, 6.07) is 8.26. The fourth-order valence-electron chi connectivity index (χ4n) is 2.26. The van der Waals surface area contributed by atoms with Crippen molar-refractivity contribution in [2.45, 2.75) is 51.0 Å². The average Bonchev–Trinajstić information content (AvgIpc) is 2.72. The van der Waals surface area contributed by atoms with Crippen LogP contribution in [0.15, 0.2) is 24.3 Å². The van der Waals surface area contributed by atoms with Crippen molar-refractivity contribution in [2.75, 3.05) is 16.4 Å². The van der Waals surface area contributed by atoms with E-state index < -0.39 is 11.7 Å². The van der Waals surface area contributed by atoms with Gasteiger partial charge in [0.1, 0.15) is 5.60 Å². The molecule has 21 heavy (non-hydrogen) atoms. The average molecular weight is 308 g/mol. The number of nitrogens with one attached hydrogen (secondary N) is 2. The number of hydrogen-bond acceptors (Lipinski definition) is 4. The molecule has 2 rings (SSSR count). The van der Waals surface area contributed by atoms with E-state index in [2.05, 4.69) is 17.6 Å².